The fourth-order valence-electron chi connectivity index (χ4n) is 1.75. The van der Waals surface area contributed by atoms with E-state index in [-0.39, 0.29) is 0 Å². The fourth-order valence-corrected chi connectivity index (χ4v) is 1.75. The van der Waals surface area contributed by atoms with E-state index in [1.54, 1.807) is 12.1 Å². The first-order valence-corrected chi connectivity index (χ1v) is 5.61. The van der Waals surface area contributed by atoms with Gasteiger partial charge < -0.3 is 10.5 Å². The van der Waals surface area contributed by atoms with Crippen LogP contribution >= 0.6 is 0 Å². The maximum absolute atomic E-state index is 8.97. The van der Waals surface area contributed by atoms with Crippen LogP contribution in [0.2, 0.25) is 0 Å². The average Bonchev–Trinajstić information content (AvgIpc) is 3.10. The lowest BCUT2D eigenvalue weighted by Gasteiger charge is -2.12. The highest BCUT2D eigenvalue weighted by atomic mass is 16.5. The lowest BCUT2D eigenvalue weighted by molar-refractivity contribution is 0.0386. The Bertz CT molecular complexity index is 418. The molecule has 1 unspecified atom stereocenters. The number of nitrogen functional groups attached to an aromatic ring is 1. The van der Waals surface area contributed by atoms with Crippen LogP contribution in [0.4, 0.5) is 5.69 Å². The molecule has 16 heavy (non-hydrogen) atoms. The van der Waals surface area contributed by atoms with Crippen LogP contribution in [0.25, 0.3) is 0 Å². The zero-order chi connectivity index (χ0) is 11.5. The van der Waals surface area contributed by atoms with Gasteiger partial charge in [-0.05, 0) is 43.4 Å². The van der Waals surface area contributed by atoms with Crippen molar-refractivity contribution in [2.75, 3.05) is 5.73 Å². The summed E-state index contributed by atoms with van der Waals surface area (Å²) >= 11 is 0. The number of nitrogens with zero attached hydrogens (tertiary/aromatic N) is 1. The van der Waals surface area contributed by atoms with Gasteiger partial charge in [0.15, 0.2) is 0 Å². The van der Waals surface area contributed by atoms with E-state index in [0.717, 1.165) is 11.5 Å². The molecule has 0 bridgehead atoms. The first-order chi connectivity index (χ1) is 7.70. The molecule has 84 valence electrons. The van der Waals surface area contributed by atoms with Gasteiger partial charge in [0.1, 0.15) is 0 Å². The van der Waals surface area contributed by atoms with E-state index in [0.29, 0.717) is 24.0 Å². The number of benzene rings is 1. The summed E-state index contributed by atoms with van der Waals surface area (Å²) in [5.74, 6) is 0.722. The monoisotopic (exact) mass is 216 g/mol. The molecule has 3 nitrogen and oxygen atoms in total. The Labute approximate surface area is 95.8 Å². The molecule has 1 aromatic rings. The number of ether oxygens (including phenoxy) is 1. The van der Waals surface area contributed by atoms with Gasteiger partial charge >= 0.3 is 0 Å². The number of nitriles is 1. The second-order valence-electron chi connectivity index (χ2n) is 4.38. The highest BCUT2D eigenvalue weighted by Gasteiger charge is 2.28. The van der Waals surface area contributed by atoms with Crippen molar-refractivity contribution in [3.8, 4) is 6.07 Å². The molecule has 1 aromatic carbocycles. The third-order valence-corrected chi connectivity index (χ3v) is 3.04. The minimum atomic E-state index is 0.295. The van der Waals surface area contributed by atoms with Crippen LogP contribution in [0.5, 0.6) is 0 Å². The van der Waals surface area contributed by atoms with Crippen LogP contribution in [0.3, 0.4) is 0 Å². The van der Waals surface area contributed by atoms with Crippen molar-refractivity contribution in [3.05, 3.63) is 29.3 Å². The molecule has 1 aliphatic rings. The molecule has 2 rings (SSSR count). The molecule has 1 atom stereocenters. The molecule has 0 spiro atoms. The molecule has 0 aliphatic heterocycles. The maximum atomic E-state index is 8.97. The fraction of sp³-hybridized carbons (Fsp3) is 0.462. The van der Waals surface area contributed by atoms with Gasteiger partial charge in [0.05, 0.1) is 24.3 Å². The highest BCUT2D eigenvalue weighted by molar-refractivity contribution is 5.49. The molecule has 0 radical (unpaired) electrons. The van der Waals surface area contributed by atoms with Crippen LogP contribution in [0.1, 0.15) is 30.9 Å². The van der Waals surface area contributed by atoms with E-state index in [2.05, 4.69) is 13.0 Å². The lowest BCUT2D eigenvalue weighted by atomic mass is 10.1. The Balaban J connectivity index is 2.00. The zero-order valence-corrected chi connectivity index (χ0v) is 9.44. The minimum Gasteiger partial charge on any atom is -0.399 e. The second kappa shape index (κ2) is 4.54. The number of hydrogen-bond acceptors (Lipinski definition) is 3. The van der Waals surface area contributed by atoms with Gasteiger partial charge in [-0.25, -0.2) is 0 Å². The van der Waals surface area contributed by atoms with Gasteiger partial charge in [0.25, 0.3) is 0 Å². The average molecular weight is 216 g/mol. The van der Waals surface area contributed by atoms with Crippen LogP contribution in [0.15, 0.2) is 18.2 Å². The molecule has 3 heteroatoms. The number of hydrogen-bond donors (Lipinski definition) is 1. The van der Waals surface area contributed by atoms with Crippen molar-refractivity contribution in [1.82, 2.24) is 0 Å². The number of anilines is 1. The summed E-state index contributed by atoms with van der Waals surface area (Å²) in [7, 11) is 0. The summed E-state index contributed by atoms with van der Waals surface area (Å²) in [5.41, 5.74) is 7.78. The number of rotatable bonds is 4. The van der Waals surface area contributed by atoms with Crippen molar-refractivity contribution in [2.45, 2.75) is 32.5 Å². The van der Waals surface area contributed by atoms with Gasteiger partial charge in [0, 0.05) is 5.69 Å². The van der Waals surface area contributed by atoms with Gasteiger partial charge in [0.2, 0.25) is 0 Å². The summed E-state index contributed by atoms with van der Waals surface area (Å²) < 4.78 is 5.74. The molecule has 2 N–H and O–H groups in total. The SMILES string of the molecule is CC(OCc1ccc(N)cc1C#N)C1CC1. The molecular formula is C13H16N2O. The van der Waals surface area contributed by atoms with Crippen molar-refractivity contribution in [2.24, 2.45) is 5.92 Å². The van der Waals surface area contributed by atoms with Gasteiger partial charge in [-0.15, -0.1) is 0 Å². The molecule has 1 aliphatic carbocycles. The minimum absolute atomic E-state index is 0.295. The quantitative estimate of drug-likeness (QED) is 0.786. The Morgan fingerprint density at radius 1 is 1.56 bits per heavy atom. The Morgan fingerprint density at radius 3 is 2.94 bits per heavy atom. The van der Waals surface area contributed by atoms with Crippen LogP contribution in [-0.4, -0.2) is 6.10 Å². The summed E-state index contributed by atoms with van der Waals surface area (Å²) in [6.45, 7) is 2.60. The third kappa shape index (κ3) is 2.53. The first-order valence-electron chi connectivity index (χ1n) is 5.61. The summed E-state index contributed by atoms with van der Waals surface area (Å²) in [5, 5.41) is 8.97. The topological polar surface area (TPSA) is 59.0 Å². The van der Waals surface area contributed by atoms with Crippen molar-refractivity contribution in [1.29, 1.82) is 5.26 Å². The van der Waals surface area contributed by atoms with E-state index in [1.807, 2.05) is 6.07 Å². The van der Waals surface area contributed by atoms with Crippen LogP contribution in [-0.2, 0) is 11.3 Å². The summed E-state index contributed by atoms with van der Waals surface area (Å²) in [4.78, 5) is 0. The molecule has 0 amide bonds. The zero-order valence-electron chi connectivity index (χ0n) is 9.44. The normalized spacial score (nSPS) is 16.8. The Kier molecular flexibility index (Phi) is 3.12. The number of nitrogens with two attached hydrogens (primary N) is 1. The van der Waals surface area contributed by atoms with E-state index in [1.165, 1.54) is 12.8 Å². The summed E-state index contributed by atoms with van der Waals surface area (Å²) in [6, 6.07) is 7.52. The van der Waals surface area contributed by atoms with Crippen LogP contribution in [0, 0.1) is 17.2 Å². The van der Waals surface area contributed by atoms with Gasteiger partial charge in [-0.2, -0.15) is 5.26 Å². The van der Waals surface area contributed by atoms with E-state index in [4.69, 9.17) is 15.7 Å². The molecule has 0 aromatic heterocycles. The Morgan fingerprint density at radius 2 is 2.31 bits per heavy atom. The van der Waals surface area contributed by atoms with E-state index >= 15 is 0 Å². The smallest absolute Gasteiger partial charge is 0.0996 e. The first kappa shape index (κ1) is 11.0. The molecule has 1 fully saturated rings. The Hall–Kier alpha value is -1.53. The van der Waals surface area contributed by atoms with E-state index < -0.39 is 0 Å². The maximum Gasteiger partial charge on any atom is 0.0996 e. The van der Waals surface area contributed by atoms with Crippen molar-refractivity contribution in [3.63, 3.8) is 0 Å². The highest BCUT2D eigenvalue weighted by Crippen LogP contribution is 2.34. The van der Waals surface area contributed by atoms with E-state index in [9.17, 15) is 0 Å². The van der Waals surface area contributed by atoms with Gasteiger partial charge in [-0.1, -0.05) is 6.07 Å². The standard InChI is InChI=1S/C13H16N2O/c1-9(10-2-3-10)16-8-11-4-5-13(15)6-12(11)7-14/h4-6,9-10H,2-3,8,15H2,1H3. The van der Waals surface area contributed by atoms with Crippen molar-refractivity contribution < 1.29 is 4.74 Å². The van der Waals surface area contributed by atoms with Crippen LogP contribution < -0.4 is 5.73 Å². The third-order valence-electron chi connectivity index (χ3n) is 3.04. The largest absolute Gasteiger partial charge is 0.399 e. The molecule has 1 saturated carbocycles. The second-order valence-corrected chi connectivity index (χ2v) is 4.38. The molecule has 0 heterocycles. The predicted molar refractivity (Wildman–Crippen MR) is 62.5 cm³/mol. The lowest BCUT2D eigenvalue weighted by Crippen LogP contribution is -2.10. The van der Waals surface area contributed by atoms with Crippen molar-refractivity contribution >= 4 is 5.69 Å². The molecule has 0 saturated heterocycles. The summed E-state index contributed by atoms with van der Waals surface area (Å²) in [6.07, 6.45) is 2.84. The molecular weight excluding hydrogens is 200 g/mol. The predicted octanol–water partition coefficient (Wildman–Crippen LogP) is 2.46. The van der Waals surface area contributed by atoms with Gasteiger partial charge in [-0.3, -0.25) is 0 Å².